The standard InChI is InChI=1S/C10H17NO/c1-8(2)9(3)4-5-10(8,11)6-7(9)12/h4-6,11H2,1-3H3/t9-,10+/m1/s1. The van der Waals surface area contributed by atoms with Gasteiger partial charge in [0.2, 0.25) is 0 Å². The maximum atomic E-state index is 11.7. The number of rotatable bonds is 0. The van der Waals surface area contributed by atoms with Crippen LogP contribution in [-0.4, -0.2) is 11.3 Å². The molecule has 0 radical (unpaired) electrons. The molecule has 0 spiro atoms. The van der Waals surface area contributed by atoms with Gasteiger partial charge in [-0.15, -0.1) is 0 Å². The first-order valence-electron chi connectivity index (χ1n) is 4.66. The summed E-state index contributed by atoms with van der Waals surface area (Å²) in [6.07, 6.45) is 2.59. The molecule has 0 unspecified atom stereocenters. The Morgan fingerprint density at radius 1 is 1.25 bits per heavy atom. The average molecular weight is 167 g/mol. The van der Waals surface area contributed by atoms with Crippen molar-refractivity contribution in [1.29, 1.82) is 0 Å². The average Bonchev–Trinajstić information content (AvgIpc) is 2.18. The Morgan fingerprint density at radius 3 is 2.00 bits per heavy atom. The van der Waals surface area contributed by atoms with E-state index in [1.165, 1.54) is 0 Å². The first-order valence-corrected chi connectivity index (χ1v) is 4.66. The molecule has 0 amide bonds. The first-order chi connectivity index (χ1) is 5.33. The van der Waals surface area contributed by atoms with Gasteiger partial charge >= 0.3 is 0 Å². The quantitative estimate of drug-likeness (QED) is 0.594. The second-order valence-electron chi connectivity index (χ2n) is 5.21. The molecule has 2 heteroatoms. The van der Waals surface area contributed by atoms with Gasteiger partial charge in [-0.1, -0.05) is 20.8 Å². The van der Waals surface area contributed by atoms with Crippen LogP contribution in [0.25, 0.3) is 0 Å². The number of Topliss-reactive ketones (excluding diaryl/α,β-unsaturated/α-hetero) is 1. The van der Waals surface area contributed by atoms with Gasteiger partial charge in [0.05, 0.1) is 0 Å². The lowest BCUT2D eigenvalue weighted by atomic mass is 9.69. The topological polar surface area (TPSA) is 43.1 Å². The molecule has 2 saturated carbocycles. The van der Waals surface area contributed by atoms with E-state index in [9.17, 15) is 4.79 Å². The second-order valence-corrected chi connectivity index (χ2v) is 5.21. The number of carbonyl (C=O) groups excluding carboxylic acids is 1. The molecule has 2 N–H and O–H groups in total. The minimum atomic E-state index is -0.209. The highest BCUT2D eigenvalue weighted by Crippen LogP contribution is 2.64. The third kappa shape index (κ3) is 0.565. The molecule has 2 aliphatic carbocycles. The second kappa shape index (κ2) is 1.77. The van der Waals surface area contributed by atoms with Gasteiger partial charge in [0.15, 0.2) is 0 Å². The molecule has 68 valence electrons. The number of hydrogen-bond donors (Lipinski definition) is 1. The van der Waals surface area contributed by atoms with Crippen molar-refractivity contribution in [2.24, 2.45) is 16.6 Å². The number of fused-ring (bicyclic) bond motifs is 2. The SMILES string of the molecule is CC1(C)[C@]2(N)CC[C@]1(C)C(=O)C2. The fourth-order valence-electron chi connectivity index (χ4n) is 2.93. The Hall–Kier alpha value is -0.370. The summed E-state index contributed by atoms with van der Waals surface area (Å²) in [6.45, 7) is 6.37. The van der Waals surface area contributed by atoms with E-state index in [0.29, 0.717) is 12.2 Å². The molecule has 0 aromatic heterocycles. The van der Waals surface area contributed by atoms with E-state index in [-0.39, 0.29) is 16.4 Å². The van der Waals surface area contributed by atoms with Crippen molar-refractivity contribution in [3.05, 3.63) is 0 Å². The van der Waals surface area contributed by atoms with Gasteiger partial charge in [-0.2, -0.15) is 0 Å². The lowest BCUT2D eigenvalue weighted by Crippen LogP contribution is -2.47. The van der Waals surface area contributed by atoms with Crippen molar-refractivity contribution in [2.75, 3.05) is 0 Å². The van der Waals surface area contributed by atoms with Crippen LogP contribution in [0.1, 0.15) is 40.0 Å². The number of nitrogens with two attached hydrogens (primary N) is 1. The minimum Gasteiger partial charge on any atom is -0.324 e. The van der Waals surface area contributed by atoms with Crippen LogP contribution in [0.5, 0.6) is 0 Å². The molecule has 0 aliphatic heterocycles. The largest absolute Gasteiger partial charge is 0.324 e. The molecule has 12 heavy (non-hydrogen) atoms. The van der Waals surface area contributed by atoms with Crippen LogP contribution in [0.4, 0.5) is 0 Å². The highest BCUT2D eigenvalue weighted by atomic mass is 16.1. The van der Waals surface area contributed by atoms with Crippen molar-refractivity contribution >= 4 is 5.78 Å². The molecule has 2 aliphatic rings. The molecule has 0 aromatic carbocycles. The summed E-state index contributed by atoms with van der Waals surface area (Å²) in [5.41, 5.74) is 5.88. The molecule has 2 nitrogen and oxygen atoms in total. The van der Waals surface area contributed by atoms with Gasteiger partial charge in [-0.3, -0.25) is 4.79 Å². The van der Waals surface area contributed by atoms with Crippen molar-refractivity contribution in [2.45, 2.75) is 45.6 Å². The van der Waals surface area contributed by atoms with E-state index in [1.54, 1.807) is 0 Å². The highest BCUT2D eigenvalue weighted by Gasteiger charge is 2.68. The molecule has 2 bridgehead atoms. The van der Waals surface area contributed by atoms with Crippen LogP contribution in [-0.2, 0) is 4.79 Å². The molecular formula is C10H17NO. The molecule has 2 atom stereocenters. The molecule has 2 fully saturated rings. The Balaban J connectivity index is 2.56. The summed E-state index contributed by atoms with van der Waals surface area (Å²) in [6, 6.07) is 0. The van der Waals surface area contributed by atoms with Crippen molar-refractivity contribution in [1.82, 2.24) is 0 Å². The lowest BCUT2D eigenvalue weighted by molar-refractivity contribution is -0.128. The minimum absolute atomic E-state index is 0.00289. The van der Waals surface area contributed by atoms with E-state index < -0.39 is 0 Å². The summed E-state index contributed by atoms with van der Waals surface area (Å²) in [7, 11) is 0. The fourth-order valence-corrected chi connectivity index (χ4v) is 2.93. The number of hydrogen-bond acceptors (Lipinski definition) is 2. The summed E-state index contributed by atoms with van der Waals surface area (Å²) in [5, 5.41) is 0. The summed E-state index contributed by atoms with van der Waals surface area (Å²) in [4.78, 5) is 11.7. The van der Waals surface area contributed by atoms with Crippen LogP contribution < -0.4 is 5.73 Å². The summed E-state index contributed by atoms with van der Waals surface area (Å²) >= 11 is 0. The van der Waals surface area contributed by atoms with Crippen molar-refractivity contribution < 1.29 is 4.79 Å². The van der Waals surface area contributed by atoms with Gasteiger partial charge in [0.25, 0.3) is 0 Å². The Kier molecular flexibility index (Phi) is 1.21. The van der Waals surface area contributed by atoms with E-state index in [2.05, 4.69) is 20.8 Å². The summed E-state index contributed by atoms with van der Waals surface area (Å²) in [5.74, 6) is 0.376. The normalized spacial score (nSPS) is 50.2. The smallest absolute Gasteiger partial charge is 0.141 e. The fraction of sp³-hybridized carbons (Fsp3) is 0.900. The molecule has 0 heterocycles. The predicted octanol–water partition coefficient (Wildman–Crippen LogP) is 1.48. The van der Waals surface area contributed by atoms with E-state index >= 15 is 0 Å². The Bertz CT molecular complexity index is 259. The Labute approximate surface area is 73.5 Å². The van der Waals surface area contributed by atoms with Crippen LogP contribution in [0.2, 0.25) is 0 Å². The molecule has 0 aromatic rings. The third-order valence-electron chi connectivity index (χ3n) is 4.79. The molecular weight excluding hydrogens is 150 g/mol. The van der Waals surface area contributed by atoms with Crippen LogP contribution in [0, 0.1) is 10.8 Å². The zero-order valence-electron chi connectivity index (χ0n) is 8.11. The van der Waals surface area contributed by atoms with Gasteiger partial charge in [0.1, 0.15) is 5.78 Å². The zero-order chi connectivity index (χ0) is 9.20. The van der Waals surface area contributed by atoms with E-state index in [1.807, 2.05) is 0 Å². The molecule has 2 rings (SSSR count). The predicted molar refractivity (Wildman–Crippen MR) is 47.7 cm³/mol. The molecule has 0 saturated heterocycles. The highest BCUT2D eigenvalue weighted by molar-refractivity contribution is 5.91. The van der Waals surface area contributed by atoms with Crippen LogP contribution >= 0.6 is 0 Å². The zero-order valence-corrected chi connectivity index (χ0v) is 8.11. The Morgan fingerprint density at radius 2 is 1.83 bits per heavy atom. The first kappa shape index (κ1) is 8.24. The lowest BCUT2D eigenvalue weighted by Gasteiger charge is -2.37. The van der Waals surface area contributed by atoms with Crippen LogP contribution in [0.3, 0.4) is 0 Å². The summed E-state index contributed by atoms with van der Waals surface area (Å²) < 4.78 is 0. The van der Waals surface area contributed by atoms with Gasteiger partial charge < -0.3 is 5.73 Å². The van der Waals surface area contributed by atoms with Crippen LogP contribution in [0.15, 0.2) is 0 Å². The maximum Gasteiger partial charge on any atom is 0.141 e. The van der Waals surface area contributed by atoms with E-state index in [4.69, 9.17) is 5.73 Å². The maximum absolute atomic E-state index is 11.7. The van der Waals surface area contributed by atoms with Gasteiger partial charge in [-0.25, -0.2) is 0 Å². The van der Waals surface area contributed by atoms with E-state index in [0.717, 1.165) is 12.8 Å². The van der Waals surface area contributed by atoms with Gasteiger partial charge in [-0.05, 0) is 18.3 Å². The van der Waals surface area contributed by atoms with Crippen molar-refractivity contribution in [3.63, 3.8) is 0 Å². The number of carbonyl (C=O) groups is 1. The number of ketones is 1. The van der Waals surface area contributed by atoms with Gasteiger partial charge in [0, 0.05) is 17.4 Å². The van der Waals surface area contributed by atoms with Crippen molar-refractivity contribution in [3.8, 4) is 0 Å². The third-order valence-corrected chi connectivity index (χ3v) is 4.79. The monoisotopic (exact) mass is 167 g/mol.